The highest BCUT2D eigenvalue weighted by Gasteiger charge is 2.17. The largest absolute Gasteiger partial charge is 0.493 e. The van der Waals surface area contributed by atoms with Gasteiger partial charge < -0.3 is 9.47 Å². The third kappa shape index (κ3) is 3.76. The van der Waals surface area contributed by atoms with Crippen LogP contribution in [0.2, 0.25) is 0 Å². The summed E-state index contributed by atoms with van der Waals surface area (Å²) in [6.07, 6.45) is 1.91. The lowest BCUT2D eigenvalue weighted by Crippen LogP contribution is -2.10. The topological polar surface area (TPSA) is 31.4 Å². The van der Waals surface area contributed by atoms with Gasteiger partial charge in [0, 0.05) is 22.7 Å². The number of ether oxygens (including phenoxy) is 2. The lowest BCUT2D eigenvalue weighted by Gasteiger charge is -2.20. The summed E-state index contributed by atoms with van der Waals surface area (Å²) in [4.78, 5) is 4.62. The van der Waals surface area contributed by atoms with E-state index in [-0.39, 0.29) is 5.41 Å². The molecule has 4 aromatic rings. The first-order valence-electron chi connectivity index (χ1n) is 10.1. The van der Waals surface area contributed by atoms with Gasteiger partial charge in [0.2, 0.25) is 0 Å². The van der Waals surface area contributed by atoms with Crippen molar-refractivity contribution in [2.75, 3.05) is 14.2 Å². The summed E-state index contributed by atoms with van der Waals surface area (Å²) in [6.45, 7) is 6.66. The third-order valence-corrected chi connectivity index (χ3v) is 5.46. The molecule has 152 valence electrons. The molecule has 0 radical (unpaired) electrons. The number of para-hydroxylation sites is 1. The zero-order valence-electron chi connectivity index (χ0n) is 18.2. The first kappa shape index (κ1) is 20.0. The Kier molecular flexibility index (Phi) is 5.21. The Hall–Kier alpha value is -3.33. The Morgan fingerprint density at radius 3 is 2.13 bits per heavy atom. The number of hydrogen-bond donors (Lipinski definition) is 0. The van der Waals surface area contributed by atoms with Gasteiger partial charge in [0.15, 0.2) is 11.5 Å². The average molecular weight is 398 g/mol. The number of benzene rings is 3. The van der Waals surface area contributed by atoms with Crippen LogP contribution in [0.3, 0.4) is 0 Å². The molecule has 3 aromatic carbocycles. The molecule has 0 spiro atoms. The van der Waals surface area contributed by atoms with Crippen LogP contribution in [0.15, 0.2) is 72.9 Å². The van der Waals surface area contributed by atoms with Crippen molar-refractivity contribution in [3.8, 4) is 33.8 Å². The zero-order chi connectivity index (χ0) is 21.3. The lowest BCUT2D eigenvalue weighted by atomic mass is 9.86. The van der Waals surface area contributed by atoms with Crippen molar-refractivity contribution in [3.63, 3.8) is 0 Å². The molecule has 1 aromatic heterocycles. The van der Waals surface area contributed by atoms with E-state index in [1.54, 1.807) is 14.2 Å². The summed E-state index contributed by atoms with van der Waals surface area (Å²) in [6, 6.07) is 23.1. The van der Waals surface area contributed by atoms with Crippen molar-refractivity contribution in [1.29, 1.82) is 0 Å². The van der Waals surface area contributed by atoms with Crippen molar-refractivity contribution in [1.82, 2.24) is 4.98 Å². The van der Waals surface area contributed by atoms with Crippen molar-refractivity contribution in [2.24, 2.45) is 0 Å². The number of pyridine rings is 1. The molecule has 0 bridgehead atoms. The molecule has 0 atom stereocenters. The highest BCUT2D eigenvalue weighted by atomic mass is 16.5. The van der Waals surface area contributed by atoms with Crippen molar-refractivity contribution < 1.29 is 9.47 Å². The number of fused-ring (bicyclic) bond motifs is 1. The first-order valence-corrected chi connectivity index (χ1v) is 10.1. The van der Waals surface area contributed by atoms with E-state index in [0.29, 0.717) is 5.75 Å². The smallest absolute Gasteiger partial charge is 0.168 e. The maximum absolute atomic E-state index is 5.74. The van der Waals surface area contributed by atoms with Gasteiger partial charge in [-0.05, 0) is 46.4 Å². The lowest BCUT2D eigenvalue weighted by molar-refractivity contribution is 0.356. The van der Waals surface area contributed by atoms with Crippen LogP contribution in [0.4, 0.5) is 0 Å². The SMILES string of the molecule is COc1cc(-c2cnc3ccccc3c2)cc(-c2ccc(C(C)(C)C)cc2)c1OC. The molecular formula is C27H27NO2. The van der Waals surface area contributed by atoms with E-state index < -0.39 is 0 Å². The van der Waals surface area contributed by atoms with Gasteiger partial charge >= 0.3 is 0 Å². The van der Waals surface area contributed by atoms with E-state index in [1.807, 2.05) is 30.5 Å². The van der Waals surface area contributed by atoms with Crippen LogP contribution in [-0.2, 0) is 5.41 Å². The molecule has 0 fully saturated rings. The standard InChI is InChI=1S/C27H27NO2/c1-27(2,3)22-12-10-18(11-13-22)23-15-20(16-25(29-4)26(23)30-5)21-14-19-8-6-7-9-24(19)28-17-21/h6-17H,1-5H3. The number of rotatable bonds is 4. The van der Waals surface area contributed by atoms with E-state index in [2.05, 4.69) is 68.2 Å². The Labute approximate surface area is 178 Å². The summed E-state index contributed by atoms with van der Waals surface area (Å²) in [7, 11) is 3.36. The molecule has 30 heavy (non-hydrogen) atoms. The predicted molar refractivity (Wildman–Crippen MR) is 124 cm³/mol. The second kappa shape index (κ2) is 7.83. The summed E-state index contributed by atoms with van der Waals surface area (Å²) < 4.78 is 11.4. The van der Waals surface area contributed by atoms with Gasteiger partial charge in [-0.15, -0.1) is 0 Å². The molecule has 0 N–H and O–H groups in total. The molecule has 0 aliphatic carbocycles. The number of aromatic nitrogens is 1. The van der Waals surface area contributed by atoms with Gasteiger partial charge in [0.1, 0.15) is 0 Å². The number of methoxy groups -OCH3 is 2. The monoisotopic (exact) mass is 397 g/mol. The van der Waals surface area contributed by atoms with Gasteiger partial charge in [-0.1, -0.05) is 63.2 Å². The summed E-state index contributed by atoms with van der Waals surface area (Å²) in [5.41, 5.74) is 6.57. The van der Waals surface area contributed by atoms with Crippen LogP contribution < -0.4 is 9.47 Å². The van der Waals surface area contributed by atoms with Crippen LogP contribution in [0.1, 0.15) is 26.3 Å². The Morgan fingerprint density at radius 1 is 0.733 bits per heavy atom. The molecule has 3 nitrogen and oxygen atoms in total. The van der Waals surface area contributed by atoms with Crippen LogP contribution in [0, 0.1) is 0 Å². The quantitative estimate of drug-likeness (QED) is 0.376. The molecule has 3 heteroatoms. The summed E-state index contributed by atoms with van der Waals surface area (Å²) in [5.74, 6) is 1.44. The Morgan fingerprint density at radius 2 is 1.47 bits per heavy atom. The molecule has 0 saturated heterocycles. The minimum Gasteiger partial charge on any atom is -0.493 e. The molecule has 0 aliphatic heterocycles. The van der Waals surface area contributed by atoms with Crippen molar-refractivity contribution in [2.45, 2.75) is 26.2 Å². The van der Waals surface area contributed by atoms with E-state index in [9.17, 15) is 0 Å². The fourth-order valence-corrected chi connectivity index (χ4v) is 3.72. The molecule has 1 heterocycles. The van der Waals surface area contributed by atoms with Crippen molar-refractivity contribution in [3.05, 3.63) is 78.5 Å². The van der Waals surface area contributed by atoms with Gasteiger partial charge in [-0.2, -0.15) is 0 Å². The fourth-order valence-electron chi connectivity index (χ4n) is 3.72. The zero-order valence-corrected chi connectivity index (χ0v) is 18.2. The second-order valence-corrected chi connectivity index (χ2v) is 8.50. The van der Waals surface area contributed by atoms with E-state index in [0.717, 1.165) is 38.9 Å². The minimum atomic E-state index is 0.110. The maximum Gasteiger partial charge on any atom is 0.168 e. The Balaban J connectivity index is 1.87. The molecule has 0 unspecified atom stereocenters. The average Bonchev–Trinajstić information content (AvgIpc) is 2.77. The molecule has 4 rings (SSSR count). The summed E-state index contributed by atoms with van der Waals surface area (Å²) in [5, 5.41) is 1.11. The van der Waals surface area contributed by atoms with Gasteiger partial charge in [-0.25, -0.2) is 0 Å². The minimum absolute atomic E-state index is 0.110. The Bertz CT molecular complexity index is 1190. The normalized spacial score (nSPS) is 11.5. The van der Waals surface area contributed by atoms with Crippen LogP contribution in [0.25, 0.3) is 33.2 Å². The van der Waals surface area contributed by atoms with E-state index in [4.69, 9.17) is 9.47 Å². The number of nitrogens with zero attached hydrogens (tertiary/aromatic N) is 1. The molecule has 0 saturated carbocycles. The van der Waals surface area contributed by atoms with Crippen molar-refractivity contribution >= 4 is 10.9 Å². The van der Waals surface area contributed by atoms with Gasteiger partial charge in [0.05, 0.1) is 19.7 Å². The van der Waals surface area contributed by atoms with E-state index >= 15 is 0 Å². The highest BCUT2D eigenvalue weighted by molar-refractivity contribution is 5.86. The third-order valence-electron chi connectivity index (χ3n) is 5.46. The predicted octanol–water partition coefficient (Wildman–Crippen LogP) is 6.88. The van der Waals surface area contributed by atoms with Gasteiger partial charge in [-0.3, -0.25) is 4.98 Å². The maximum atomic E-state index is 5.74. The number of hydrogen-bond acceptors (Lipinski definition) is 3. The fraction of sp³-hybridized carbons (Fsp3) is 0.222. The summed E-state index contributed by atoms with van der Waals surface area (Å²) >= 11 is 0. The second-order valence-electron chi connectivity index (χ2n) is 8.50. The van der Waals surface area contributed by atoms with Crippen LogP contribution in [0.5, 0.6) is 11.5 Å². The molecule has 0 aliphatic rings. The highest BCUT2D eigenvalue weighted by Crippen LogP contribution is 2.42. The first-order chi connectivity index (χ1) is 14.4. The van der Waals surface area contributed by atoms with E-state index in [1.165, 1.54) is 5.56 Å². The van der Waals surface area contributed by atoms with Gasteiger partial charge in [0.25, 0.3) is 0 Å². The molecule has 0 amide bonds. The van der Waals surface area contributed by atoms with Crippen LogP contribution >= 0.6 is 0 Å². The molecular weight excluding hydrogens is 370 g/mol. The van der Waals surface area contributed by atoms with Crippen LogP contribution in [-0.4, -0.2) is 19.2 Å².